The largest absolute Gasteiger partial charge is 0.494 e. The molecule has 13 heteroatoms. The van der Waals surface area contributed by atoms with Crippen LogP contribution in [-0.2, 0) is 27.5 Å². The van der Waals surface area contributed by atoms with Gasteiger partial charge in [0.25, 0.3) is 0 Å². The molecule has 0 radical (unpaired) electrons. The maximum absolute atomic E-state index is 13.2. The predicted molar refractivity (Wildman–Crippen MR) is 146 cm³/mol. The van der Waals surface area contributed by atoms with Gasteiger partial charge in [0.05, 0.1) is 19.7 Å². The number of aromatic nitrogens is 6. The third-order valence-corrected chi connectivity index (χ3v) is 6.60. The van der Waals surface area contributed by atoms with E-state index in [1.807, 2.05) is 48.9 Å². The van der Waals surface area contributed by atoms with Gasteiger partial charge in [-0.3, -0.25) is 14.4 Å². The number of fused-ring (bicyclic) bond motifs is 4. The van der Waals surface area contributed by atoms with E-state index in [1.165, 1.54) is 4.90 Å². The molecule has 0 unspecified atom stereocenters. The zero-order chi connectivity index (χ0) is 28.5. The highest BCUT2D eigenvalue weighted by Gasteiger charge is 2.24. The van der Waals surface area contributed by atoms with Gasteiger partial charge in [0, 0.05) is 44.0 Å². The standard InChI is InChI=1S/C27H37N9O4/c1-19(2)16-23-27(39)29-10-14-34-13-9-28-26(34)21-6-4-7-22(17-21)40-15-5-11-35(18-24(37)30-23)25(38)8-12-36-20(3)31-32-33-36/h4,6-7,9,13,17,19,23H,5,8,10-12,14-16,18H2,1-3H3,(H,29,39)(H,30,37)/t23-/m1/s1. The fourth-order valence-corrected chi connectivity index (χ4v) is 4.57. The summed E-state index contributed by atoms with van der Waals surface area (Å²) >= 11 is 0. The van der Waals surface area contributed by atoms with Crippen LogP contribution in [0.1, 0.15) is 38.9 Å². The van der Waals surface area contributed by atoms with E-state index in [1.54, 1.807) is 17.8 Å². The average molecular weight is 552 g/mol. The van der Waals surface area contributed by atoms with E-state index < -0.39 is 6.04 Å². The summed E-state index contributed by atoms with van der Waals surface area (Å²) in [5.41, 5.74) is 0.898. The highest BCUT2D eigenvalue weighted by molar-refractivity contribution is 5.90. The number of tetrazole rings is 1. The Morgan fingerprint density at radius 1 is 1.23 bits per heavy atom. The molecule has 3 amide bonds. The lowest BCUT2D eigenvalue weighted by atomic mass is 10.0. The van der Waals surface area contributed by atoms with Crippen LogP contribution in [0.3, 0.4) is 0 Å². The summed E-state index contributed by atoms with van der Waals surface area (Å²) in [6, 6.07) is 6.94. The Bertz CT molecular complexity index is 1300. The molecule has 0 saturated carbocycles. The van der Waals surface area contributed by atoms with Crippen LogP contribution in [0.5, 0.6) is 5.75 Å². The number of carbonyl (C=O) groups is 3. The van der Waals surface area contributed by atoms with Crippen LogP contribution in [0.25, 0.3) is 11.4 Å². The van der Waals surface area contributed by atoms with Crippen molar-refractivity contribution in [3.05, 3.63) is 42.5 Å². The van der Waals surface area contributed by atoms with Crippen LogP contribution in [0.2, 0.25) is 0 Å². The molecule has 1 aromatic carbocycles. The van der Waals surface area contributed by atoms with E-state index in [-0.39, 0.29) is 36.6 Å². The monoisotopic (exact) mass is 551 g/mol. The molecule has 3 heterocycles. The van der Waals surface area contributed by atoms with Gasteiger partial charge in [0.15, 0.2) is 0 Å². The molecule has 0 fully saturated rings. The second-order valence-electron chi connectivity index (χ2n) is 10.2. The van der Waals surface area contributed by atoms with Crippen LogP contribution in [-0.4, -0.2) is 84.7 Å². The second kappa shape index (κ2) is 13.7. The van der Waals surface area contributed by atoms with Crippen molar-refractivity contribution < 1.29 is 19.1 Å². The first-order valence-corrected chi connectivity index (χ1v) is 13.6. The minimum absolute atomic E-state index is 0.130. The molecule has 0 spiro atoms. The molecule has 1 aliphatic heterocycles. The molecule has 214 valence electrons. The van der Waals surface area contributed by atoms with Crippen LogP contribution in [0.15, 0.2) is 36.7 Å². The highest BCUT2D eigenvalue weighted by atomic mass is 16.5. The number of imidazole rings is 1. The molecule has 3 aromatic rings. The summed E-state index contributed by atoms with van der Waals surface area (Å²) in [5, 5.41) is 17.1. The summed E-state index contributed by atoms with van der Waals surface area (Å²) in [7, 11) is 0. The van der Waals surface area contributed by atoms with Crippen LogP contribution >= 0.6 is 0 Å². The molecule has 2 N–H and O–H groups in total. The summed E-state index contributed by atoms with van der Waals surface area (Å²) in [4.78, 5) is 45.3. The molecule has 4 rings (SSSR count). The van der Waals surface area contributed by atoms with Gasteiger partial charge in [0.2, 0.25) is 17.7 Å². The van der Waals surface area contributed by atoms with Gasteiger partial charge in [-0.2, -0.15) is 0 Å². The number of hydrogen-bond acceptors (Lipinski definition) is 8. The number of nitrogens with one attached hydrogen (secondary N) is 2. The Hall–Kier alpha value is -4.29. The van der Waals surface area contributed by atoms with E-state index >= 15 is 0 Å². The van der Waals surface area contributed by atoms with E-state index in [2.05, 4.69) is 31.1 Å². The number of ether oxygens (including phenoxy) is 1. The first kappa shape index (κ1) is 28.7. The molecule has 1 atom stereocenters. The molecule has 13 nitrogen and oxygen atoms in total. The van der Waals surface area contributed by atoms with Crippen molar-refractivity contribution in [2.75, 3.05) is 26.2 Å². The van der Waals surface area contributed by atoms with Gasteiger partial charge >= 0.3 is 0 Å². The summed E-state index contributed by atoms with van der Waals surface area (Å²) in [6.07, 6.45) is 4.71. The Morgan fingerprint density at radius 2 is 2.08 bits per heavy atom. The lowest BCUT2D eigenvalue weighted by molar-refractivity contribution is -0.137. The third kappa shape index (κ3) is 7.87. The number of nitrogens with zero attached hydrogens (tertiary/aromatic N) is 7. The minimum Gasteiger partial charge on any atom is -0.494 e. The van der Waals surface area contributed by atoms with Gasteiger partial charge in [-0.05, 0) is 48.2 Å². The van der Waals surface area contributed by atoms with Gasteiger partial charge in [-0.15, -0.1) is 5.10 Å². The van der Waals surface area contributed by atoms with Crippen molar-refractivity contribution in [2.45, 2.75) is 59.2 Å². The number of amides is 3. The minimum atomic E-state index is -0.713. The Balaban J connectivity index is 1.52. The zero-order valence-corrected chi connectivity index (χ0v) is 23.2. The van der Waals surface area contributed by atoms with Crippen LogP contribution in [0, 0.1) is 12.8 Å². The molecular formula is C27H37N9O4. The van der Waals surface area contributed by atoms with Gasteiger partial charge in [0.1, 0.15) is 23.4 Å². The fraction of sp³-hybridized carbons (Fsp3) is 0.519. The van der Waals surface area contributed by atoms with Gasteiger partial charge < -0.3 is 24.8 Å². The molecule has 2 aromatic heterocycles. The van der Waals surface area contributed by atoms with Crippen molar-refractivity contribution in [1.29, 1.82) is 0 Å². The normalized spacial score (nSPS) is 17.3. The van der Waals surface area contributed by atoms with Crippen molar-refractivity contribution in [3.63, 3.8) is 0 Å². The van der Waals surface area contributed by atoms with Crippen LogP contribution in [0.4, 0.5) is 0 Å². The topological polar surface area (TPSA) is 149 Å². The molecule has 1 aliphatic rings. The average Bonchev–Trinajstić information content (AvgIpc) is 3.56. The fourth-order valence-electron chi connectivity index (χ4n) is 4.57. The maximum Gasteiger partial charge on any atom is 0.242 e. The Labute approximate surface area is 233 Å². The number of benzene rings is 1. The molecular weight excluding hydrogens is 514 g/mol. The molecule has 0 saturated heterocycles. The first-order valence-electron chi connectivity index (χ1n) is 13.6. The van der Waals surface area contributed by atoms with Crippen LogP contribution < -0.4 is 15.4 Å². The quantitative estimate of drug-likeness (QED) is 0.480. The first-order chi connectivity index (χ1) is 19.3. The van der Waals surface area contributed by atoms with E-state index in [9.17, 15) is 14.4 Å². The second-order valence-corrected chi connectivity index (χ2v) is 10.2. The summed E-state index contributed by atoms with van der Waals surface area (Å²) in [5.74, 6) is 1.37. The Kier molecular flexibility index (Phi) is 9.81. The zero-order valence-electron chi connectivity index (χ0n) is 23.2. The van der Waals surface area contributed by atoms with E-state index in [4.69, 9.17) is 4.74 Å². The predicted octanol–water partition coefficient (Wildman–Crippen LogP) is 1.19. The summed E-state index contributed by atoms with van der Waals surface area (Å²) < 4.78 is 9.50. The lowest BCUT2D eigenvalue weighted by Gasteiger charge is -2.25. The van der Waals surface area contributed by atoms with Crippen molar-refractivity contribution >= 4 is 17.7 Å². The number of rotatable bonds is 5. The van der Waals surface area contributed by atoms with Crippen molar-refractivity contribution in [1.82, 2.24) is 45.3 Å². The van der Waals surface area contributed by atoms with Crippen molar-refractivity contribution in [2.24, 2.45) is 5.92 Å². The van der Waals surface area contributed by atoms with Crippen molar-refractivity contribution in [3.8, 4) is 17.1 Å². The lowest BCUT2D eigenvalue weighted by Crippen LogP contribution is -2.51. The SMILES string of the molecule is Cc1nnnn1CCC(=O)N1CCCOc2cccc(c2)-c2nccn2CCNC(=O)[C@@H](CC(C)C)NC(=O)C1. The smallest absolute Gasteiger partial charge is 0.242 e. The molecule has 2 bridgehead atoms. The summed E-state index contributed by atoms with van der Waals surface area (Å²) in [6.45, 7) is 7.42. The van der Waals surface area contributed by atoms with Gasteiger partial charge in [-0.1, -0.05) is 26.0 Å². The maximum atomic E-state index is 13.2. The molecule has 40 heavy (non-hydrogen) atoms. The van der Waals surface area contributed by atoms with E-state index in [0.717, 1.165) is 11.4 Å². The van der Waals surface area contributed by atoms with Gasteiger partial charge in [-0.25, -0.2) is 9.67 Å². The number of aryl methyl sites for hydroxylation is 2. The van der Waals surface area contributed by atoms with E-state index in [0.29, 0.717) is 57.2 Å². The molecule has 0 aliphatic carbocycles. The number of carbonyl (C=O) groups excluding carboxylic acids is 3. The number of hydrogen-bond donors (Lipinski definition) is 2. The third-order valence-electron chi connectivity index (χ3n) is 6.60. The Morgan fingerprint density at radius 3 is 2.85 bits per heavy atom. The highest BCUT2D eigenvalue weighted by Crippen LogP contribution is 2.23.